The summed E-state index contributed by atoms with van der Waals surface area (Å²) in [4.78, 5) is 21.2. The molecule has 5 nitrogen and oxygen atoms in total. The Balaban J connectivity index is 1.31. The molecular formula is C17H23N3O2. The Morgan fingerprint density at radius 2 is 1.91 bits per heavy atom. The second-order valence-electron chi connectivity index (χ2n) is 6.70. The van der Waals surface area contributed by atoms with Crippen molar-refractivity contribution in [3.05, 3.63) is 23.9 Å². The van der Waals surface area contributed by atoms with Crippen LogP contribution in [-0.2, 0) is 0 Å². The molecule has 0 spiro atoms. The number of carbonyl (C=O) groups is 1. The van der Waals surface area contributed by atoms with Gasteiger partial charge in [-0.15, -0.1) is 0 Å². The fourth-order valence-electron chi connectivity index (χ4n) is 2.99. The fraction of sp³-hybridized carbons (Fsp3) is 0.647. The maximum Gasteiger partial charge on any atom is 0.255 e. The Bertz CT molecular complexity index is 529. The number of piperazine rings is 1. The molecule has 2 heterocycles. The van der Waals surface area contributed by atoms with E-state index in [0.717, 1.165) is 38.8 Å². The molecule has 1 aliphatic heterocycles. The van der Waals surface area contributed by atoms with Crippen LogP contribution >= 0.6 is 0 Å². The molecule has 1 saturated heterocycles. The summed E-state index contributed by atoms with van der Waals surface area (Å²) in [5.41, 5.74) is 0.665. The van der Waals surface area contributed by atoms with Crippen molar-refractivity contribution in [1.82, 2.24) is 14.8 Å². The minimum atomic E-state index is 0.0942. The highest BCUT2D eigenvalue weighted by molar-refractivity contribution is 5.94. The van der Waals surface area contributed by atoms with Gasteiger partial charge in [-0.05, 0) is 37.7 Å². The van der Waals surface area contributed by atoms with Gasteiger partial charge in [0.05, 0.1) is 12.2 Å². The molecule has 5 heteroatoms. The van der Waals surface area contributed by atoms with Crippen LogP contribution in [0.15, 0.2) is 18.3 Å². The molecule has 0 bridgehead atoms. The van der Waals surface area contributed by atoms with Crippen LogP contribution in [-0.4, -0.2) is 59.5 Å². The topological polar surface area (TPSA) is 45.7 Å². The molecule has 1 amide bonds. The summed E-state index contributed by atoms with van der Waals surface area (Å²) in [6.45, 7) is 4.42. The van der Waals surface area contributed by atoms with Crippen molar-refractivity contribution in [1.29, 1.82) is 0 Å². The molecule has 0 N–H and O–H groups in total. The van der Waals surface area contributed by atoms with Gasteiger partial charge in [-0.1, -0.05) is 0 Å². The zero-order valence-corrected chi connectivity index (χ0v) is 12.9. The van der Waals surface area contributed by atoms with Crippen LogP contribution in [0.2, 0.25) is 0 Å². The summed E-state index contributed by atoms with van der Waals surface area (Å²) in [5, 5.41) is 0. The van der Waals surface area contributed by atoms with Crippen LogP contribution in [0.25, 0.3) is 0 Å². The summed E-state index contributed by atoms with van der Waals surface area (Å²) in [7, 11) is 0. The average Bonchev–Trinajstić information content (AvgIpc) is 3.47. The number of rotatable bonds is 5. The van der Waals surface area contributed by atoms with Gasteiger partial charge in [0.1, 0.15) is 0 Å². The molecule has 22 heavy (non-hydrogen) atoms. The monoisotopic (exact) mass is 301 g/mol. The maximum absolute atomic E-state index is 12.5. The fourth-order valence-corrected chi connectivity index (χ4v) is 2.99. The first-order valence-electron chi connectivity index (χ1n) is 8.42. The molecule has 0 unspecified atom stereocenters. The van der Waals surface area contributed by atoms with Gasteiger partial charge in [0, 0.05) is 44.5 Å². The number of amides is 1. The number of nitrogens with zero attached hydrogens (tertiary/aromatic N) is 3. The second-order valence-corrected chi connectivity index (χ2v) is 6.70. The number of ether oxygens (including phenoxy) is 1. The van der Waals surface area contributed by atoms with Gasteiger partial charge in [-0.25, -0.2) is 4.98 Å². The van der Waals surface area contributed by atoms with Crippen LogP contribution in [0.4, 0.5) is 0 Å². The number of pyridine rings is 1. The van der Waals surface area contributed by atoms with Gasteiger partial charge in [0.25, 0.3) is 5.91 Å². The van der Waals surface area contributed by atoms with E-state index in [4.69, 9.17) is 4.74 Å². The molecule has 2 aliphatic carbocycles. The van der Waals surface area contributed by atoms with E-state index < -0.39 is 0 Å². The number of carbonyl (C=O) groups excluding carboxylic acids is 1. The first-order valence-corrected chi connectivity index (χ1v) is 8.42. The summed E-state index contributed by atoms with van der Waals surface area (Å²) >= 11 is 0. The first-order chi connectivity index (χ1) is 10.8. The smallest absolute Gasteiger partial charge is 0.255 e. The summed E-state index contributed by atoms with van der Waals surface area (Å²) in [5.74, 6) is 1.43. The van der Waals surface area contributed by atoms with Crippen molar-refractivity contribution in [2.45, 2.75) is 31.7 Å². The van der Waals surface area contributed by atoms with Crippen molar-refractivity contribution >= 4 is 5.91 Å². The molecule has 0 atom stereocenters. The highest BCUT2D eigenvalue weighted by atomic mass is 16.5. The van der Waals surface area contributed by atoms with Gasteiger partial charge in [0.2, 0.25) is 5.88 Å². The summed E-state index contributed by atoms with van der Waals surface area (Å²) < 4.78 is 5.61. The Hall–Kier alpha value is -1.62. The Morgan fingerprint density at radius 1 is 1.14 bits per heavy atom. The first kappa shape index (κ1) is 14.0. The van der Waals surface area contributed by atoms with E-state index in [-0.39, 0.29) is 5.91 Å². The Morgan fingerprint density at radius 3 is 2.50 bits per heavy atom. The summed E-state index contributed by atoms with van der Waals surface area (Å²) in [6, 6.07) is 4.45. The Kier molecular flexibility index (Phi) is 3.74. The average molecular weight is 301 g/mol. The van der Waals surface area contributed by atoms with Gasteiger partial charge in [0.15, 0.2) is 0 Å². The highest BCUT2D eigenvalue weighted by Crippen LogP contribution is 2.29. The van der Waals surface area contributed by atoms with Crippen LogP contribution in [0.5, 0.6) is 5.88 Å². The molecule has 2 saturated carbocycles. The van der Waals surface area contributed by atoms with E-state index in [2.05, 4.69) is 9.88 Å². The Labute approximate surface area is 131 Å². The maximum atomic E-state index is 12.5. The third-order valence-electron chi connectivity index (χ3n) is 4.81. The lowest BCUT2D eigenvalue weighted by Gasteiger charge is -2.34. The van der Waals surface area contributed by atoms with Crippen molar-refractivity contribution in [2.24, 2.45) is 5.92 Å². The quantitative estimate of drug-likeness (QED) is 0.832. The zero-order chi connectivity index (χ0) is 14.9. The lowest BCUT2D eigenvalue weighted by atomic mass is 10.2. The summed E-state index contributed by atoms with van der Waals surface area (Å²) in [6.07, 6.45) is 6.85. The van der Waals surface area contributed by atoms with E-state index in [1.807, 2.05) is 17.0 Å². The number of aromatic nitrogens is 1. The second kappa shape index (κ2) is 5.88. The van der Waals surface area contributed by atoms with Crippen molar-refractivity contribution in [2.75, 3.05) is 32.8 Å². The van der Waals surface area contributed by atoms with E-state index in [1.54, 1.807) is 6.20 Å². The SMILES string of the molecule is O=C(c1ccc(OCC2CC2)nc1)N1CCN(C2CC2)CC1. The third kappa shape index (κ3) is 3.24. The van der Waals surface area contributed by atoms with Crippen LogP contribution in [0, 0.1) is 5.92 Å². The third-order valence-corrected chi connectivity index (χ3v) is 4.81. The van der Waals surface area contributed by atoms with E-state index in [0.29, 0.717) is 17.4 Å². The standard InChI is InChI=1S/C17H23N3O2/c21-17(20-9-7-19(8-10-20)15-4-5-15)14-3-6-16(18-11-14)22-12-13-1-2-13/h3,6,11,13,15H,1-2,4-5,7-10,12H2. The van der Waals surface area contributed by atoms with E-state index in [1.165, 1.54) is 25.7 Å². The minimum absolute atomic E-state index is 0.0942. The lowest BCUT2D eigenvalue weighted by Crippen LogP contribution is -2.49. The van der Waals surface area contributed by atoms with Gasteiger partial charge in [-0.2, -0.15) is 0 Å². The zero-order valence-electron chi connectivity index (χ0n) is 12.9. The van der Waals surface area contributed by atoms with E-state index in [9.17, 15) is 4.79 Å². The molecule has 118 valence electrons. The van der Waals surface area contributed by atoms with Crippen LogP contribution in [0.3, 0.4) is 0 Å². The molecule has 1 aromatic heterocycles. The normalized spacial score (nSPS) is 22.6. The molecule has 0 radical (unpaired) electrons. The largest absolute Gasteiger partial charge is 0.477 e. The molecule has 3 fully saturated rings. The van der Waals surface area contributed by atoms with Gasteiger partial charge < -0.3 is 9.64 Å². The van der Waals surface area contributed by atoms with Crippen LogP contribution < -0.4 is 4.74 Å². The number of hydrogen-bond donors (Lipinski definition) is 0. The van der Waals surface area contributed by atoms with Crippen molar-refractivity contribution in [3.8, 4) is 5.88 Å². The van der Waals surface area contributed by atoms with Gasteiger partial charge >= 0.3 is 0 Å². The van der Waals surface area contributed by atoms with Crippen LogP contribution in [0.1, 0.15) is 36.0 Å². The molecule has 1 aromatic rings. The molecule has 0 aromatic carbocycles. The van der Waals surface area contributed by atoms with Gasteiger partial charge in [-0.3, -0.25) is 9.69 Å². The lowest BCUT2D eigenvalue weighted by molar-refractivity contribution is 0.0627. The molecule has 4 rings (SSSR count). The molecular weight excluding hydrogens is 278 g/mol. The molecule has 3 aliphatic rings. The highest BCUT2D eigenvalue weighted by Gasteiger charge is 2.32. The van der Waals surface area contributed by atoms with E-state index >= 15 is 0 Å². The van der Waals surface area contributed by atoms with Crippen molar-refractivity contribution in [3.63, 3.8) is 0 Å². The predicted octanol–water partition coefficient (Wildman–Crippen LogP) is 1.79. The predicted molar refractivity (Wildman–Crippen MR) is 83.0 cm³/mol. The van der Waals surface area contributed by atoms with Crippen molar-refractivity contribution < 1.29 is 9.53 Å². The number of hydrogen-bond acceptors (Lipinski definition) is 4. The minimum Gasteiger partial charge on any atom is -0.477 e.